The predicted molar refractivity (Wildman–Crippen MR) is 81.6 cm³/mol. The molecule has 1 aromatic rings. The number of hydrogen-bond acceptors (Lipinski definition) is 7. The van der Waals surface area contributed by atoms with E-state index in [1.54, 1.807) is 18.2 Å². The van der Waals surface area contributed by atoms with E-state index in [1.807, 2.05) is 6.07 Å². The molecule has 5 atom stereocenters. The third kappa shape index (κ3) is 3.15. The smallest absolute Gasteiger partial charge is 0.178 e. The molecule has 1 aliphatic carbocycles. The first-order chi connectivity index (χ1) is 11.0. The Bertz CT molecular complexity index is 631. The molecule has 7 nitrogen and oxygen atoms in total. The molecule has 0 amide bonds. The third-order valence-corrected chi connectivity index (χ3v) is 4.19. The van der Waals surface area contributed by atoms with Crippen LogP contribution in [-0.2, 0) is 16.0 Å². The van der Waals surface area contributed by atoms with Crippen LogP contribution < -0.4 is 5.32 Å². The van der Waals surface area contributed by atoms with Crippen LogP contribution >= 0.6 is 0 Å². The minimum atomic E-state index is -1.39. The summed E-state index contributed by atoms with van der Waals surface area (Å²) in [4.78, 5) is 11.5. The molecular formula is C16H19NO6. The Morgan fingerprint density at radius 2 is 1.96 bits per heavy atom. The maximum Gasteiger partial charge on any atom is 0.178 e. The molecule has 0 radical (unpaired) electrons. The largest absolute Gasteiger partial charge is 0.394 e. The summed E-state index contributed by atoms with van der Waals surface area (Å²) in [6, 6.07) is 4.39. The molecule has 1 fully saturated rings. The van der Waals surface area contributed by atoms with Crippen molar-refractivity contribution in [1.82, 2.24) is 0 Å². The van der Waals surface area contributed by atoms with Gasteiger partial charge in [-0.3, -0.25) is 4.79 Å². The standard InChI is InChI=1S/C16H19NO6/c18-7-12-14(20)15(21)13(16(22)23-12)17-10-3-1-8-2-4-11(19)6-9(8)5-10/h1-5,12-18,20-22H,6-7H2/t12?,13-,14+,15?,16?/m0/s1. The zero-order valence-corrected chi connectivity index (χ0v) is 12.3. The lowest BCUT2D eigenvalue weighted by Crippen LogP contribution is -2.61. The van der Waals surface area contributed by atoms with Gasteiger partial charge in [-0.2, -0.15) is 0 Å². The first kappa shape index (κ1) is 16.1. The summed E-state index contributed by atoms with van der Waals surface area (Å²) in [5.41, 5.74) is 2.38. The molecule has 0 bridgehead atoms. The van der Waals surface area contributed by atoms with Crippen molar-refractivity contribution < 1.29 is 30.0 Å². The number of fused-ring (bicyclic) bond motifs is 1. The van der Waals surface area contributed by atoms with Gasteiger partial charge in [0.05, 0.1) is 6.61 Å². The third-order valence-electron chi connectivity index (χ3n) is 4.19. The number of benzene rings is 1. The maximum atomic E-state index is 11.5. The number of nitrogens with one attached hydrogen (secondary N) is 1. The van der Waals surface area contributed by atoms with Gasteiger partial charge in [0, 0.05) is 12.1 Å². The average molecular weight is 321 g/mol. The van der Waals surface area contributed by atoms with E-state index in [9.17, 15) is 20.1 Å². The van der Waals surface area contributed by atoms with Gasteiger partial charge in [-0.25, -0.2) is 0 Å². The van der Waals surface area contributed by atoms with Crippen LogP contribution in [0.3, 0.4) is 0 Å². The van der Waals surface area contributed by atoms with E-state index < -0.39 is 37.3 Å². The fraction of sp³-hybridized carbons (Fsp3) is 0.438. The highest BCUT2D eigenvalue weighted by atomic mass is 16.6. The normalized spacial score (nSPS) is 33.4. The van der Waals surface area contributed by atoms with Gasteiger partial charge in [0.2, 0.25) is 0 Å². The Balaban J connectivity index is 1.78. The Hall–Kier alpha value is -1.77. The number of anilines is 1. The number of ether oxygens (including phenoxy) is 1. The number of allylic oxidation sites excluding steroid dienone is 1. The SMILES string of the molecule is O=C1C=Cc2ccc(N[C@@H]3C(O)OC(CO)[C@@H](O)C3O)cc2C1. The lowest BCUT2D eigenvalue weighted by molar-refractivity contribution is -0.245. The molecule has 1 saturated heterocycles. The van der Waals surface area contributed by atoms with Gasteiger partial charge in [0.15, 0.2) is 12.1 Å². The summed E-state index contributed by atoms with van der Waals surface area (Å²) in [5.74, 6) is 0.0110. The molecule has 0 saturated carbocycles. The summed E-state index contributed by atoms with van der Waals surface area (Å²) in [6.07, 6.45) is -1.48. The van der Waals surface area contributed by atoms with Gasteiger partial charge in [0.1, 0.15) is 24.4 Å². The number of ketones is 1. The molecule has 1 aromatic carbocycles. The number of aliphatic hydroxyl groups excluding tert-OH is 4. The zero-order chi connectivity index (χ0) is 16.6. The van der Waals surface area contributed by atoms with E-state index in [2.05, 4.69) is 5.32 Å². The first-order valence-electron chi connectivity index (χ1n) is 7.40. The summed E-state index contributed by atoms with van der Waals surface area (Å²) in [7, 11) is 0. The molecule has 7 heteroatoms. The van der Waals surface area contributed by atoms with Gasteiger partial charge in [-0.15, -0.1) is 0 Å². The highest BCUT2D eigenvalue weighted by Crippen LogP contribution is 2.26. The average Bonchev–Trinajstić information content (AvgIpc) is 2.54. The lowest BCUT2D eigenvalue weighted by Gasteiger charge is -2.40. The molecule has 0 aromatic heterocycles. The zero-order valence-electron chi connectivity index (χ0n) is 12.3. The topological polar surface area (TPSA) is 119 Å². The van der Waals surface area contributed by atoms with Crippen LogP contribution in [0.4, 0.5) is 5.69 Å². The maximum absolute atomic E-state index is 11.5. The molecule has 23 heavy (non-hydrogen) atoms. The van der Waals surface area contributed by atoms with E-state index in [4.69, 9.17) is 9.84 Å². The highest BCUT2D eigenvalue weighted by molar-refractivity contribution is 5.98. The molecule has 1 aliphatic heterocycles. The molecule has 2 aliphatic rings. The van der Waals surface area contributed by atoms with E-state index in [-0.39, 0.29) is 5.78 Å². The van der Waals surface area contributed by atoms with Crippen LogP contribution in [0, 0.1) is 0 Å². The minimum Gasteiger partial charge on any atom is -0.394 e. The second-order valence-electron chi connectivity index (χ2n) is 5.79. The van der Waals surface area contributed by atoms with Crippen molar-refractivity contribution in [3.05, 3.63) is 35.4 Å². The van der Waals surface area contributed by atoms with Crippen molar-refractivity contribution in [2.24, 2.45) is 0 Å². The number of carbonyl (C=O) groups is 1. The van der Waals surface area contributed by atoms with Gasteiger partial charge in [-0.05, 0) is 29.3 Å². The number of hydrogen-bond donors (Lipinski definition) is 5. The van der Waals surface area contributed by atoms with Crippen molar-refractivity contribution in [2.45, 2.75) is 37.1 Å². The Labute approximate surface area is 132 Å². The number of carbonyl (C=O) groups excluding carboxylic acids is 1. The van der Waals surface area contributed by atoms with Gasteiger partial charge in [-0.1, -0.05) is 12.1 Å². The second kappa shape index (κ2) is 6.38. The van der Waals surface area contributed by atoms with Crippen LogP contribution in [0.2, 0.25) is 0 Å². The first-order valence-corrected chi connectivity index (χ1v) is 7.40. The Morgan fingerprint density at radius 1 is 1.17 bits per heavy atom. The lowest BCUT2D eigenvalue weighted by atomic mass is 9.94. The molecule has 5 N–H and O–H groups in total. The van der Waals surface area contributed by atoms with Crippen molar-refractivity contribution in [3.63, 3.8) is 0 Å². The summed E-state index contributed by atoms with van der Waals surface area (Å²) >= 11 is 0. The molecule has 1 heterocycles. The van der Waals surface area contributed by atoms with Crippen LogP contribution in [0.5, 0.6) is 0 Å². The van der Waals surface area contributed by atoms with Crippen molar-refractivity contribution in [1.29, 1.82) is 0 Å². The fourth-order valence-electron chi connectivity index (χ4n) is 2.89. The second-order valence-corrected chi connectivity index (χ2v) is 5.79. The molecule has 124 valence electrons. The number of aliphatic hydroxyl groups is 4. The Kier molecular flexibility index (Phi) is 4.47. The quantitative estimate of drug-likeness (QED) is 0.486. The van der Waals surface area contributed by atoms with Gasteiger partial charge in [0.25, 0.3) is 0 Å². The van der Waals surface area contributed by atoms with Gasteiger partial charge >= 0.3 is 0 Å². The van der Waals surface area contributed by atoms with Crippen LogP contribution in [0.15, 0.2) is 24.3 Å². The summed E-state index contributed by atoms with van der Waals surface area (Å²) in [6.45, 7) is -0.505. The van der Waals surface area contributed by atoms with E-state index >= 15 is 0 Å². The summed E-state index contributed by atoms with van der Waals surface area (Å²) < 4.78 is 5.10. The fourth-order valence-corrected chi connectivity index (χ4v) is 2.89. The highest BCUT2D eigenvalue weighted by Gasteiger charge is 2.43. The minimum absolute atomic E-state index is 0.0110. The van der Waals surface area contributed by atoms with E-state index in [1.165, 1.54) is 6.08 Å². The van der Waals surface area contributed by atoms with Crippen LogP contribution in [0.1, 0.15) is 11.1 Å². The van der Waals surface area contributed by atoms with Gasteiger partial charge < -0.3 is 30.5 Å². The predicted octanol–water partition coefficient (Wildman–Crippen LogP) is -0.963. The molecule has 0 spiro atoms. The number of rotatable bonds is 3. The van der Waals surface area contributed by atoms with Crippen molar-refractivity contribution in [2.75, 3.05) is 11.9 Å². The Morgan fingerprint density at radius 3 is 2.70 bits per heavy atom. The van der Waals surface area contributed by atoms with E-state index in [0.29, 0.717) is 12.1 Å². The van der Waals surface area contributed by atoms with Crippen molar-refractivity contribution in [3.8, 4) is 0 Å². The summed E-state index contributed by atoms with van der Waals surface area (Å²) in [5, 5.41) is 42.0. The van der Waals surface area contributed by atoms with E-state index in [0.717, 1.165) is 11.1 Å². The molecule has 3 rings (SSSR count). The monoisotopic (exact) mass is 321 g/mol. The molecule has 3 unspecified atom stereocenters. The van der Waals surface area contributed by atoms with Crippen molar-refractivity contribution >= 4 is 17.5 Å². The van der Waals surface area contributed by atoms with Crippen LogP contribution in [0.25, 0.3) is 6.08 Å². The van der Waals surface area contributed by atoms with Crippen LogP contribution in [-0.4, -0.2) is 63.5 Å². The molecular weight excluding hydrogens is 302 g/mol.